The molecule has 5 heterocycles. The van der Waals surface area contributed by atoms with Gasteiger partial charge >= 0.3 is 5.97 Å². The van der Waals surface area contributed by atoms with Crippen molar-refractivity contribution in [1.29, 1.82) is 0 Å². The lowest BCUT2D eigenvalue weighted by atomic mass is 9.76. The molecular formula is C23H29N7O4. The number of piperidine rings is 1. The molecule has 0 saturated carbocycles. The van der Waals surface area contributed by atoms with E-state index in [2.05, 4.69) is 25.4 Å². The number of tetrazole rings is 1. The molecule has 34 heavy (non-hydrogen) atoms. The van der Waals surface area contributed by atoms with Gasteiger partial charge in [0.15, 0.2) is 5.82 Å². The molecule has 2 fully saturated rings. The van der Waals surface area contributed by atoms with Crippen LogP contribution in [-0.2, 0) is 14.3 Å². The zero-order chi connectivity index (χ0) is 24.0. The number of cyclic esters (lactones) is 1. The first kappa shape index (κ1) is 22.6. The summed E-state index contributed by atoms with van der Waals surface area (Å²) in [6.45, 7) is 7.74. The minimum absolute atomic E-state index is 0.0384. The van der Waals surface area contributed by atoms with E-state index in [1.165, 1.54) is 11.0 Å². The third kappa shape index (κ3) is 3.78. The number of aryl methyl sites for hydroxylation is 1. The molecule has 5 rings (SSSR count). The van der Waals surface area contributed by atoms with E-state index in [0.29, 0.717) is 23.6 Å². The molecule has 1 amide bonds. The maximum atomic E-state index is 13.5. The summed E-state index contributed by atoms with van der Waals surface area (Å²) in [6.07, 6.45) is 3.03. The van der Waals surface area contributed by atoms with E-state index in [0.717, 1.165) is 43.6 Å². The normalized spacial score (nSPS) is 23.8. The van der Waals surface area contributed by atoms with Gasteiger partial charge in [0.05, 0.1) is 22.8 Å². The fraction of sp³-hybridized carbons (Fsp3) is 0.565. The molecular weight excluding hydrogens is 438 g/mol. The van der Waals surface area contributed by atoms with E-state index in [1.54, 1.807) is 17.9 Å². The molecule has 2 aromatic rings. The van der Waals surface area contributed by atoms with E-state index in [9.17, 15) is 14.7 Å². The summed E-state index contributed by atoms with van der Waals surface area (Å²) >= 11 is 0. The lowest BCUT2D eigenvalue weighted by Gasteiger charge is -2.38. The molecule has 2 atom stereocenters. The summed E-state index contributed by atoms with van der Waals surface area (Å²) in [6, 6.07) is 3.68. The number of hydrogen-bond acceptors (Lipinski definition) is 9. The van der Waals surface area contributed by atoms with Gasteiger partial charge in [-0.25, -0.2) is 9.78 Å². The highest BCUT2D eigenvalue weighted by atomic mass is 16.5. The minimum atomic E-state index is -0.686. The number of esters is 1. The Kier molecular flexibility index (Phi) is 5.68. The Morgan fingerprint density at radius 3 is 2.62 bits per heavy atom. The minimum Gasteiger partial charge on any atom is -0.456 e. The largest absolute Gasteiger partial charge is 0.456 e. The summed E-state index contributed by atoms with van der Waals surface area (Å²) in [5.74, 6) is 0.359. The predicted octanol–water partition coefficient (Wildman–Crippen LogP) is 0.933. The number of ether oxygens (including phenoxy) is 1. The number of aliphatic hydroxyl groups excluding tert-OH is 1. The second-order valence-electron chi connectivity index (χ2n) is 9.57. The van der Waals surface area contributed by atoms with Crippen LogP contribution in [0, 0.1) is 12.3 Å². The molecule has 2 aromatic heterocycles. The second kappa shape index (κ2) is 8.55. The molecule has 11 nitrogen and oxygen atoms in total. The lowest BCUT2D eigenvalue weighted by Crippen LogP contribution is -2.45. The number of pyridine rings is 1. The van der Waals surface area contributed by atoms with Crippen molar-refractivity contribution >= 4 is 11.9 Å². The van der Waals surface area contributed by atoms with Crippen molar-refractivity contribution in [3.63, 3.8) is 0 Å². The van der Waals surface area contributed by atoms with Crippen LogP contribution in [0.15, 0.2) is 29.7 Å². The number of hydrogen-bond donors (Lipinski definition) is 1. The Hall–Kier alpha value is -3.18. The number of aliphatic hydroxyl groups is 1. The van der Waals surface area contributed by atoms with E-state index in [-0.39, 0.29) is 24.5 Å². The van der Waals surface area contributed by atoms with E-state index in [1.807, 2.05) is 19.9 Å². The maximum Gasteiger partial charge on any atom is 0.336 e. The molecule has 0 aromatic carbocycles. The molecule has 0 radical (unpaired) electrons. The van der Waals surface area contributed by atoms with Crippen LogP contribution in [-0.4, -0.2) is 84.3 Å². The number of carbonyl (C=O) groups excluding carboxylic acids is 2. The second-order valence-corrected chi connectivity index (χ2v) is 9.57. The molecule has 0 bridgehead atoms. The van der Waals surface area contributed by atoms with Gasteiger partial charge in [0, 0.05) is 23.8 Å². The van der Waals surface area contributed by atoms with Gasteiger partial charge < -0.3 is 19.6 Å². The van der Waals surface area contributed by atoms with E-state index < -0.39 is 11.5 Å². The fourth-order valence-corrected chi connectivity index (χ4v) is 5.54. The smallest absolute Gasteiger partial charge is 0.336 e. The van der Waals surface area contributed by atoms with Gasteiger partial charge in [-0.05, 0) is 69.6 Å². The molecule has 1 spiro atoms. The standard InChI is InChI=1S/C23H29N7O4/c1-14-10-23(22(33)30(14)18-12-34-21(32)15(18)2)6-8-28(9-7-23)11-19(31)17-4-5-20(25-16(17)3)29-13-24-26-27-29/h4-5,13-14,19,31H,6-12H2,1-3H3/t14?,19-/m1/s1. The van der Waals surface area contributed by atoms with Gasteiger partial charge in [-0.1, -0.05) is 6.07 Å². The highest BCUT2D eigenvalue weighted by molar-refractivity contribution is 5.94. The van der Waals surface area contributed by atoms with Gasteiger partial charge in [0.2, 0.25) is 5.91 Å². The Labute approximate surface area is 197 Å². The predicted molar refractivity (Wildman–Crippen MR) is 119 cm³/mol. The van der Waals surface area contributed by atoms with Crippen LogP contribution in [0.4, 0.5) is 0 Å². The molecule has 11 heteroatoms. The van der Waals surface area contributed by atoms with Crippen molar-refractivity contribution in [2.24, 2.45) is 5.41 Å². The molecule has 0 aliphatic carbocycles. The first-order chi connectivity index (χ1) is 16.3. The van der Waals surface area contributed by atoms with Gasteiger partial charge in [-0.3, -0.25) is 4.79 Å². The quantitative estimate of drug-likeness (QED) is 0.639. The van der Waals surface area contributed by atoms with Crippen LogP contribution < -0.4 is 0 Å². The number of amides is 1. The average molecular weight is 468 g/mol. The molecule has 3 aliphatic heterocycles. The first-order valence-electron chi connectivity index (χ1n) is 11.6. The maximum absolute atomic E-state index is 13.5. The van der Waals surface area contributed by atoms with Crippen LogP contribution in [0.5, 0.6) is 0 Å². The van der Waals surface area contributed by atoms with Crippen molar-refractivity contribution in [2.75, 3.05) is 26.2 Å². The lowest BCUT2D eigenvalue weighted by molar-refractivity contribution is -0.139. The number of carbonyl (C=O) groups is 2. The Balaban J connectivity index is 1.23. The van der Waals surface area contributed by atoms with Crippen LogP contribution in [0.2, 0.25) is 0 Å². The fourth-order valence-electron chi connectivity index (χ4n) is 5.54. The highest BCUT2D eigenvalue weighted by Gasteiger charge is 2.53. The van der Waals surface area contributed by atoms with Crippen LogP contribution >= 0.6 is 0 Å². The van der Waals surface area contributed by atoms with Crippen molar-refractivity contribution in [1.82, 2.24) is 35.0 Å². The zero-order valence-electron chi connectivity index (χ0n) is 19.6. The number of likely N-dealkylation sites (tertiary alicyclic amines) is 2. The molecule has 1 N–H and O–H groups in total. The van der Waals surface area contributed by atoms with E-state index >= 15 is 0 Å². The van der Waals surface area contributed by atoms with E-state index in [4.69, 9.17) is 4.74 Å². The Morgan fingerprint density at radius 2 is 2.00 bits per heavy atom. The Morgan fingerprint density at radius 1 is 1.24 bits per heavy atom. The SMILES string of the molecule is CC1=C(N2C(=O)C3(CCN(C[C@@H](O)c4ccc(-n5cnnn5)nc4C)CC3)CC2C)COC1=O. The molecule has 1 unspecified atom stereocenters. The third-order valence-electron chi connectivity index (χ3n) is 7.47. The number of rotatable bonds is 5. The summed E-state index contributed by atoms with van der Waals surface area (Å²) in [7, 11) is 0. The van der Waals surface area contributed by atoms with Gasteiger partial charge in [0.25, 0.3) is 0 Å². The summed E-state index contributed by atoms with van der Waals surface area (Å²) < 4.78 is 6.62. The summed E-state index contributed by atoms with van der Waals surface area (Å²) in [4.78, 5) is 33.8. The van der Waals surface area contributed by atoms with Crippen LogP contribution in [0.25, 0.3) is 5.82 Å². The number of β-amino-alcohol motifs (C(OH)–C–C–N with tert-alkyl or cyclic N) is 1. The van der Waals surface area contributed by atoms with Gasteiger partial charge in [-0.2, -0.15) is 4.68 Å². The first-order valence-corrected chi connectivity index (χ1v) is 11.6. The van der Waals surface area contributed by atoms with Gasteiger partial charge in [-0.15, -0.1) is 5.10 Å². The number of aromatic nitrogens is 5. The highest BCUT2D eigenvalue weighted by Crippen LogP contribution is 2.46. The number of nitrogens with zero attached hydrogens (tertiary/aromatic N) is 7. The summed E-state index contributed by atoms with van der Waals surface area (Å²) in [5.41, 5.74) is 2.33. The van der Waals surface area contributed by atoms with Crippen LogP contribution in [0.1, 0.15) is 50.5 Å². The molecule has 180 valence electrons. The van der Waals surface area contributed by atoms with Crippen LogP contribution in [0.3, 0.4) is 0 Å². The molecule has 3 aliphatic rings. The van der Waals surface area contributed by atoms with Gasteiger partial charge in [0.1, 0.15) is 12.9 Å². The Bertz CT molecular complexity index is 1140. The van der Waals surface area contributed by atoms with Crippen molar-refractivity contribution in [3.05, 3.63) is 41.0 Å². The van der Waals surface area contributed by atoms with Crippen molar-refractivity contribution in [2.45, 2.75) is 52.2 Å². The summed E-state index contributed by atoms with van der Waals surface area (Å²) in [5, 5.41) is 22.0. The zero-order valence-corrected chi connectivity index (χ0v) is 19.6. The third-order valence-corrected chi connectivity index (χ3v) is 7.47. The van der Waals surface area contributed by atoms with Crippen molar-refractivity contribution < 1.29 is 19.4 Å². The molecule has 2 saturated heterocycles. The monoisotopic (exact) mass is 467 g/mol. The average Bonchev–Trinajstić information content (AvgIpc) is 3.51. The topological polar surface area (TPSA) is 127 Å². The van der Waals surface area contributed by atoms with Crippen molar-refractivity contribution in [3.8, 4) is 5.82 Å².